The topological polar surface area (TPSA) is 200 Å². The van der Waals surface area contributed by atoms with Crippen molar-refractivity contribution in [2.45, 2.75) is 69.7 Å². The number of ether oxygens (including phenoxy) is 6. The Labute approximate surface area is 507 Å². The molecule has 7 aromatic rings. The van der Waals surface area contributed by atoms with Crippen LogP contribution in [-0.4, -0.2) is 63.9 Å². The van der Waals surface area contributed by atoms with Gasteiger partial charge < -0.3 is 28.4 Å². The molecule has 4 heterocycles. The maximum Gasteiger partial charge on any atom is 0.367 e. The molecular formula is C70H52N2O13S2. The van der Waals surface area contributed by atoms with E-state index in [1.807, 2.05) is 48.6 Å². The molecule has 2 saturated carbocycles. The summed E-state index contributed by atoms with van der Waals surface area (Å²) in [6.07, 6.45) is 10.3. The lowest BCUT2D eigenvalue weighted by molar-refractivity contribution is -0.179. The van der Waals surface area contributed by atoms with Crippen LogP contribution < -0.4 is 9.47 Å². The lowest BCUT2D eigenvalue weighted by Gasteiger charge is -2.42. The second kappa shape index (κ2) is 22.6. The molecule has 4 atom stereocenters. The van der Waals surface area contributed by atoms with Crippen molar-refractivity contribution < 1.29 is 62.0 Å². The van der Waals surface area contributed by atoms with E-state index in [1.54, 1.807) is 127 Å². The summed E-state index contributed by atoms with van der Waals surface area (Å²) in [5, 5.41) is 0.558. The largest absolute Gasteiger partial charge is 0.458 e. The summed E-state index contributed by atoms with van der Waals surface area (Å²) >= 11 is 2.28. The van der Waals surface area contributed by atoms with E-state index in [0.29, 0.717) is 72.3 Å². The van der Waals surface area contributed by atoms with E-state index in [4.69, 9.17) is 38.4 Å². The molecule has 7 aliphatic rings. The highest BCUT2D eigenvalue weighted by Crippen LogP contribution is 2.59. The molecule has 14 rings (SSSR count). The van der Waals surface area contributed by atoms with Crippen molar-refractivity contribution in [3.8, 4) is 11.5 Å². The maximum atomic E-state index is 15.5. The third-order valence-electron chi connectivity index (χ3n) is 16.9. The van der Waals surface area contributed by atoms with Gasteiger partial charge in [-0.05, 0) is 40.7 Å². The zero-order valence-electron chi connectivity index (χ0n) is 46.5. The molecule has 0 bridgehead atoms. The molecule has 4 unspecified atom stereocenters. The van der Waals surface area contributed by atoms with Crippen LogP contribution in [0, 0.1) is 23.7 Å². The van der Waals surface area contributed by atoms with Gasteiger partial charge in [0, 0.05) is 70.1 Å². The minimum Gasteiger partial charge on any atom is -0.458 e. The number of nitrogens with zero attached hydrogens (tertiary/aromatic N) is 2. The van der Waals surface area contributed by atoms with Gasteiger partial charge >= 0.3 is 35.1 Å². The van der Waals surface area contributed by atoms with Crippen molar-refractivity contribution in [1.82, 2.24) is 0 Å². The first kappa shape index (κ1) is 55.2. The highest BCUT2D eigenvalue weighted by Gasteiger charge is 2.63. The molecule has 15 nitrogen and oxygen atoms in total. The van der Waals surface area contributed by atoms with Crippen LogP contribution in [0.15, 0.2) is 203 Å². The second-order valence-electron chi connectivity index (χ2n) is 22.3. The van der Waals surface area contributed by atoms with Crippen LogP contribution >= 0.6 is 22.7 Å². The number of benzene rings is 5. The molecule has 0 radical (unpaired) electrons. The number of thiophene rings is 2. The summed E-state index contributed by atoms with van der Waals surface area (Å²) in [4.78, 5) is 114. The Morgan fingerprint density at radius 3 is 1.26 bits per heavy atom. The fourth-order valence-electron chi connectivity index (χ4n) is 12.5. The van der Waals surface area contributed by atoms with Gasteiger partial charge in [0.05, 0.1) is 15.5 Å². The van der Waals surface area contributed by atoms with Crippen LogP contribution in [-0.2, 0) is 80.6 Å². The van der Waals surface area contributed by atoms with Crippen molar-refractivity contribution >= 4 is 96.5 Å². The zero-order chi connectivity index (χ0) is 59.4. The molecule has 17 heteroatoms. The molecule has 2 aromatic heterocycles. The number of rotatable bonds is 14. The van der Waals surface area contributed by atoms with Gasteiger partial charge in [0.25, 0.3) is 0 Å². The lowest BCUT2D eigenvalue weighted by Crippen LogP contribution is -2.58. The zero-order valence-corrected chi connectivity index (χ0v) is 48.1. The molecule has 0 N–H and O–H groups in total. The number of fused-ring (bicyclic) bond motifs is 9. The lowest BCUT2D eigenvalue weighted by atomic mass is 9.68. The minimum atomic E-state index is -2.64. The Balaban J connectivity index is 0.943. The summed E-state index contributed by atoms with van der Waals surface area (Å²) in [5.74, 6) is -7.51. The first-order chi connectivity index (χ1) is 42.4. The van der Waals surface area contributed by atoms with Crippen LogP contribution in [0.25, 0.3) is 11.1 Å². The van der Waals surface area contributed by atoms with Gasteiger partial charge in [0.15, 0.2) is 17.3 Å². The fourth-order valence-corrected chi connectivity index (χ4v) is 14.6. The van der Waals surface area contributed by atoms with E-state index >= 15 is 19.2 Å². The van der Waals surface area contributed by atoms with Crippen LogP contribution in [0.3, 0.4) is 0 Å². The van der Waals surface area contributed by atoms with Crippen LogP contribution in [0.5, 0.6) is 11.5 Å². The number of hydrogen-bond donors (Lipinski definition) is 0. The van der Waals surface area contributed by atoms with Crippen LogP contribution in [0.2, 0.25) is 0 Å². The van der Waals surface area contributed by atoms with Gasteiger partial charge in [0.2, 0.25) is 5.78 Å². The Hall–Kier alpha value is -9.71. The smallest absolute Gasteiger partial charge is 0.367 e. The molecule has 87 heavy (non-hydrogen) atoms. The van der Waals surface area contributed by atoms with Gasteiger partial charge in [-0.25, -0.2) is 29.2 Å². The van der Waals surface area contributed by atoms with Crippen molar-refractivity contribution in [3.63, 3.8) is 0 Å². The molecule has 0 amide bonds. The Bertz CT molecular complexity index is 4070. The minimum absolute atomic E-state index is 0.0232. The van der Waals surface area contributed by atoms with Crippen molar-refractivity contribution in [2.24, 2.45) is 33.7 Å². The summed E-state index contributed by atoms with van der Waals surface area (Å²) in [6.45, 7) is -0.973. The predicted octanol–water partition coefficient (Wildman–Crippen LogP) is 12.2. The highest BCUT2D eigenvalue weighted by atomic mass is 32.1. The molecule has 5 aromatic carbocycles. The van der Waals surface area contributed by atoms with Crippen LogP contribution in [0.1, 0.15) is 73.6 Å². The number of carbonyl (C=O) groups is 7. The predicted molar refractivity (Wildman–Crippen MR) is 324 cm³/mol. The van der Waals surface area contributed by atoms with E-state index in [0.717, 1.165) is 29.7 Å². The van der Waals surface area contributed by atoms with Gasteiger partial charge in [-0.2, -0.15) is 0 Å². The Morgan fingerprint density at radius 2 is 0.862 bits per heavy atom. The number of Topliss-reactive ketones (excluding diaryl/α,β-unsaturated/α-hetero) is 3. The second-order valence-corrected chi connectivity index (χ2v) is 24.3. The number of aliphatic imine (C=N–C) groups is 2. The van der Waals surface area contributed by atoms with E-state index in [9.17, 15) is 14.4 Å². The van der Waals surface area contributed by atoms with Crippen LogP contribution in [0.4, 0.5) is 10.0 Å². The standard InChI is InChI=1S/C70H52N2O13S2/c73-60-47-26-14-13-25-44(47)33-54(60)71-57-34-55-63(86-57)50-29-45-32-53-51(30-46(45)31-52(50)69(84-55,65(76)80-36-40-17-5-1-6-18-40)66(77)81-37-41-19-7-2-8-20-41)64-56(35-58(87-64)72-59-61(74)48-27-15-16-28-49(48)62(59)75)85-70(53,67(78)82-38-42-21-9-3-10-22-42)68(79)83-39-43-23-11-4-12-24-43/h1-14,17-26,29-32,34-35,45-46,48-49H,15-16,27-28,33,36-39H2. The number of esters is 4. The fraction of sp³-hybridized carbons (Fsp3) is 0.214. The molecule has 2 aliphatic heterocycles. The van der Waals surface area contributed by atoms with E-state index in [1.165, 1.54) is 17.4 Å². The van der Waals surface area contributed by atoms with Crippen molar-refractivity contribution in [3.05, 3.63) is 236 Å². The van der Waals surface area contributed by atoms with Crippen molar-refractivity contribution in [2.75, 3.05) is 0 Å². The van der Waals surface area contributed by atoms with Gasteiger partial charge in [-0.3, -0.25) is 14.4 Å². The van der Waals surface area contributed by atoms with E-state index in [-0.39, 0.29) is 83.6 Å². The normalized spacial score (nSPS) is 21.0. The van der Waals surface area contributed by atoms with Gasteiger partial charge in [-0.1, -0.05) is 183 Å². The van der Waals surface area contributed by atoms with Gasteiger partial charge in [-0.15, -0.1) is 22.7 Å². The SMILES string of the molecule is O=C1C(=Nc2cc3c(s2)C2=CC4C=C5C(=CC4C=C2C(C(=O)OCc2ccccc2)(C(=O)OCc2ccccc2)O3)c2sc(N=C3C(=O)C4CCCCC4C3=O)cc2OC5(C(=O)OCc2ccccc2)C(=O)OCc2ccccc2)Cc2ccccc21. The average molecular weight is 1190 g/mol. The quantitative estimate of drug-likeness (QED) is 0.0566. The van der Waals surface area contributed by atoms with E-state index in [2.05, 4.69) is 0 Å². The van der Waals surface area contributed by atoms with Crippen molar-refractivity contribution in [1.29, 1.82) is 0 Å². The number of carbonyl (C=O) groups excluding carboxylic acids is 7. The summed E-state index contributed by atoms with van der Waals surface area (Å²) in [6, 6.07) is 46.3. The Morgan fingerprint density at radius 1 is 0.483 bits per heavy atom. The van der Waals surface area contributed by atoms with E-state index < -0.39 is 58.8 Å². The molecule has 432 valence electrons. The molecular weight excluding hydrogens is 1140 g/mol. The summed E-state index contributed by atoms with van der Waals surface area (Å²) in [7, 11) is 0. The molecule has 5 aliphatic carbocycles. The first-order valence-corrected chi connectivity index (χ1v) is 30.4. The summed E-state index contributed by atoms with van der Waals surface area (Å²) < 4.78 is 38.2. The molecule has 0 saturated heterocycles. The average Bonchev–Trinajstić information content (AvgIpc) is 2.28. The third-order valence-corrected chi connectivity index (χ3v) is 18.9. The highest BCUT2D eigenvalue weighted by molar-refractivity contribution is 7.17. The number of hydrogen-bond acceptors (Lipinski definition) is 17. The monoisotopic (exact) mass is 1190 g/mol. The molecule has 0 spiro atoms. The number of ketones is 3. The Kier molecular flexibility index (Phi) is 14.3. The first-order valence-electron chi connectivity index (χ1n) is 28.7. The maximum absolute atomic E-state index is 15.5. The third kappa shape index (κ3) is 9.89. The number of allylic oxidation sites excluding steroid dienone is 4. The summed E-state index contributed by atoms with van der Waals surface area (Å²) in [5.41, 5.74) is -0.357. The molecule has 2 fully saturated rings. The van der Waals surface area contributed by atoms with Gasteiger partial charge in [0.1, 0.15) is 47.9 Å².